The Bertz CT molecular complexity index is 1090. The Labute approximate surface area is 179 Å². The summed E-state index contributed by atoms with van der Waals surface area (Å²) >= 11 is 0. The lowest BCUT2D eigenvalue weighted by atomic mass is 10.1. The molecule has 0 bridgehead atoms. The van der Waals surface area contributed by atoms with Crippen molar-refractivity contribution in [2.45, 2.75) is 18.9 Å². The molecule has 4 aromatic rings. The maximum Gasteiger partial charge on any atom is 0.0635 e. The molecule has 3 heteroatoms. The van der Waals surface area contributed by atoms with Gasteiger partial charge in [-0.1, -0.05) is 97.1 Å². The van der Waals surface area contributed by atoms with Gasteiger partial charge in [0, 0.05) is 17.2 Å². The fourth-order valence-corrected chi connectivity index (χ4v) is 7.11. The van der Waals surface area contributed by atoms with Gasteiger partial charge < -0.3 is 10.0 Å². The molecular weight excluding hydrogens is 385 g/mol. The number of hydrogen-bond donors (Lipinski definition) is 1. The lowest BCUT2D eigenvalue weighted by Crippen LogP contribution is -2.36. The van der Waals surface area contributed by atoms with Gasteiger partial charge in [-0.25, -0.2) is 0 Å². The van der Waals surface area contributed by atoms with E-state index in [9.17, 15) is 5.11 Å². The van der Waals surface area contributed by atoms with Crippen LogP contribution in [-0.4, -0.2) is 24.3 Å². The molecule has 0 saturated carbocycles. The maximum atomic E-state index is 10.1. The zero-order valence-corrected chi connectivity index (χ0v) is 17.9. The summed E-state index contributed by atoms with van der Waals surface area (Å²) in [5, 5.41) is 16.7. The average Bonchev–Trinajstić information content (AvgIpc) is 3.29. The van der Waals surface area contributed by atoms with Crippen molar-refractivity contribution in [1.29, 1.82) is 0 Å². The highest BCUT2D eigenvalue weighted by Crippen LogP contribution is 2.41. The number of benzene rings is 4. The molecule has 1 aliphatic heterocycles. The van der Waals surface area contributed by atoms with Gasteiger partial charge in [0.05, 0.1) is 18.3 Å². The van der Waals surface area contributed by atoms with Crippen LogP contribution in [0.5, 0.6) is 0 Å². The Morgan fingerprint density at radius 3 is 2.07 bits per heavy atom. The monoisotopic (exact) mass is 411 g/mol. The first-order valence-corrected chi connectivity index (χ1v) is 12.0. The number of rotatable bonds is 5. The Hall–Kier alpha value is -2.67. The first-order chi connectivity index (χ1) is 14.9. The summed E-state index contributed by atoms with van der Waals surface area (Å²) in [7, 11) is -0.703. The molecule has 0 aliphatic carbocycles. The van der Waals surface area contributed by atoms with Crippen molar-refractivity contribution < 1.29 is 5.11 Å². The van der Waals surface area contributed by atoms with Gasteiger partial charge in [0.1, 0.15) is 0 Å². The fourth-order valence-electron chi connectivity index (χ4n) is 4.63. The highest BCUT2D eigenvalue weighted by molar-refractivity contribution is 7.80. The van der Waals surface area contributed by atoms with Gasteiger partial charge in [-0.05, 0) is 36.8 Å². The van der Waals surface area contributed by atoms with E-state index in [1.165, 1.54) is 32.4 Å². The molecule has 150 valence electrons. The Kier molecular flexibility index (Phi) is 5.53. The number of aliphatic hydroxyl groups excluding tert-OH is 1. The van der Waals surface area contributed by atoms with E-state index in [4.69, 9.17) is 0 Å². The molecule has 2 nitrogen and oxygen atoms in total. The third kappa shape index (κ3) is 3.51. The predicted molar refractivity (Wildman–Crippen MR) is 130 cm³/mol. The Balaban J connectivity index is 1.79. The predicted octanol–water partition coefficient (Wildman–Crippen LogP) is 4.56. The molecule has 0 amide bonds. The van der Waals surface area contributed by atoms with Crippen LogP contribution >= 0.6 is 7.92 Å². The van der Waals surface area contributed by atoms with Crippen LogP contribution in [0.4, 0.5) is 5.69 Å². The minimum Gasteiger partial charge on any atom is -0.394 e. The average molecular weight is 411 g/mol. The maximum absolute atomic E-state index is 10.1. The molecule has 1 fully saturated rings. The standard InChI is InChI=1S/C27H26NOP/c29-20-22-11-9-19-28(22)27-25-16-8-7-10-21(25)17-18-26(27)30(23-12-3-1-4-13-23)24-14-5-2-6-15-24/h1-8,10,12-18,22,29H,9,11,19-20H2/t22-/m0/s1. The third-order valence-electron chi connectivity index (χ3n) is 6.02. The number of aliphatic hydroxyl groups is 1. The fraction of sp³-hybridized carbons (Fsp3) is 0.185. The van der Waals surface area contributed by atoms with Crippen molar-refractivity contribution >= 4 is 40.3 Å². The molecule has 5 rings (SSSR count). The second-order valence-electron chi connectivity index (χ2n) is 7.83. The van der Waals surface area contributed by atoms with Crippen LogP contribution in [-0.2, 0) is 0 Å². The van der Waals surface area contributed by atoms with Crippen LogP contribution in [0.15, 0.2) is 97.1 Å². The van der Waals surface area contributed by atoms with Gasteiger partial charge in [-0.3, -0.25) is 0 Å². The van der Waals surface area contributed by atoms with E-state index in [2.05, 4.69) is 102 Å². The molecule has 1 N–H and O–H groups in total. The molecule has 1 heterocycles. The van der Waals surface area contributed by atoms with Gasteiger partial charge >= 0.3 is 0 Å². The number of hydrogen-bond acceptors (Lipinski definition) is 2. The van der Waals surface area contributed by atoms with Gasteiger partial charge in [-0.15, -0.1) is 0 Å². The summed E-state index contributed by atoms with van der Waals surface area (Å²) in [5.41, 5.74) is 1.31. The van der Waals surface area contributed by atoms with Gasteiger partial charge in [0.2, 0.25) is 0 Å². The van der Waals surface area contributed by atoms with E-state index in [-0.39, 0.29) is 12.6 Å². The smallest absolute Gasteiger partial charge is 0.0635 e. The van der Waals surface area contributed by atoms with Gasteiger partial charge in [0.15, 0.2) is 0 Å². The molecule has 30 heavy (non-hydrogen) atoms. The summed E-state index contributed by atoms with van der Waals surface area (Å²) in [6.07, 6.45) is 2.18. The van der Waals surface area contributed by atoms with E-state index in [1.807, 2.05) is 0 Å². The quantitative estimate of drug-likeness (QED) is 0.487. The normalized spacial score (nSPS) is 16.5. The zero-order valence-electron chi connectivity index (χ0n) is 17.0. The van der Waals surface area contributed by atoms with Crippen LogP contribution in [0, 0.1) is 0 Å². The Morgan fingerprint density at radius 2 is 1.40 bits per heavy atom. The van der Waals surface area contributed by atoms with E-state index < -0.39 is 7.92 Å². The minimum absolute atomic E-state index is 0.193. The van der Waals surface area contributed by atoms with Crippen LogP contribution in [0.1, 0.15) is 12.8 Å². The van der Waals surface area contributed by atoms with E-state index >= 15 is 0 Å². The minimum atomic E-state index is -0.703. The highest BCUT2D eigenvalue weighted by Gasteiger charge is 2.30. The molecule has 0 aromatic heterocycles. The zero-order chi connectivity index (χ0) is 20.3. The SMILES string of the molecule is OC[C@@H]1CCCN1c1c(P(c2ccccc2)c2ccccc2)ccc2ccccc12. The van der Waals surface area contributed by atoms with Crippen molar-refractivity contribution in [2.24, 2.45) is 0 Å². The van der Waals surface area contributed by atoms with Crippen LogP contribution in [0.3, 0.4) is 0 Å². The molecule has 1 atom stereocenters. The summed E-state index contributed by atoms with van der Waals surface area (Å²) in [4.78, 5) is 2.47. The molecule has 1 saturated heterocycles. The largest absolute Gasteiger partial charge is 0.394 e. The summed E-state index contributed by atoms with van der Waals surface area (Å²) < 4.78 is 0. The molecule has 0 radical (unpaired) electrons. The van der Waals surface area contributed by atoms with Crippen molar-refractivity contribution in [2.75, 3.05) is 18.1 Å². The second kappa shape index (κ2) is 8.60. The first-order valence-electron chi connectivity index (χ1n) is 10.7. The third-order valence-corrected chi connectivity index (χ3v) is 8.50. The van der Waals surface area contributed by atoms with Crippen molar-refractivity contribution in [3.05, 3.63) is 97.1 Å². The highest BCUT2D eigenvalue weighted by atomic mass is 31.1. The Morgan fingerprint density at radius 1 is 0.767 bits per heavy atom. The van der Waals surface area contributed by atoms with E-state index in [0.717, 1.165) is 19.4 Å². The molecular formula is C27H26NOP. The van der Waals surface area contributed by atoms with E-state index in [1.54, 1.807) is 0 Å². The lowest BCUT2D eigenvalue weighted by Gasteiger charge is -2.32. The van der Waals surface area contributed by atoms with Crippen molar-refractivity contribution in [3.63, 3.8) is 0 Å². The molecule has 4 aromatic carbocycles. The second-order valence-corrected chi connectivity index (χ2v) is 10.0. The number of nitrogens with zero attached hydrogens (tertiary/aromatic N) is 1. The number of anilines is 1. The van der Waals surface area contributed by atoms with Crippen LogP contribution in [0.25, 0.3) is 10.8 Å². The van der Waals surface area contributed by atoms with Gasteiger partial charge in [0.25, 0.3) is 0 Å². The van der Waals surface area contributed by atoms with Crippen molar-refractivity contribution in [3.8, 4) is 0 Å². The molecule has 0 unspecified atom stereocenters. The first kappa shape index (κ1) is 19.3. The number of fused-ring (bicyclic) bond motifs is 1. The molecule has 1 aliphatic rings. The topological polar surface area (TPSA) is 23.5 Å². The lowest BCUT2D eigenvalue weighted by molar-refractivity contribution is 0.266. The van der Waals surface area contributed by atoms with Crippen molar-refractivity contribution in [1.82, 2.24) is 0 Å². The molecule has 0 spiro atoms. The summed E-state index contributed by atoms with van der Waals surface area (Å²) in [6.45, 7) is 1.20. The summed E-state index contributed by atoms with van der Waals surface area (Å²) in [6, 6.07) is 35.2. The van der Waals surface area contributed by atoms with Crippen LogP contribution in [0.2, 0.25) is 0 Å². The summed E-state index contributed by atoms with van der Waals surface area (Å²) in [5.74, 6) is 0. The van der Waals surface area contributed by atoms with Crippen LogP contribution < -0.4 is 20.8 Å². The van der Waals surface area contributed by atoms with Gasteiger partial charge in [-0.2, -0.15) is 0 Å². The van der Waals surface area contributed by atoms with E-state index in [0.29, 0.717) is 0 Å².